The molecule has 0 amide bonds. The number of carbonyl (C=O) groups excluding carboxylic acids is 2. The number of halogens is 3. The van der Waals surface area contributed by atoms with E-state index in [1.54, 1.807) is 0 Å². The molecule has 0 saturated carbocycles. The molecule has 0 atom stereocenters. The minimum Gasteiger partial charge on any atom is -0.542 e. The number of rotatable bonds is 3. The van der Waals surface area contributed by atoms with E-state index in [0.717, 1.165) is 0 Å². The zero-order valence-corrected chi connectivity index (χ0v) is 14.5. The second kappa shape index (κ2) is 9.97. The first-order valence-corrected chi connectivity index (χ1v) is 3.55. The van der Waals surface area contributed by atoms with E-state index in [1.165, 1.54) is 13.2 Å². The quantitative estimate of drug-likeness (QED) is 0.481. The average molecular weight is 482 g/mol. The number of ether oxygens (including phenoxy) is 1. The minimum absolute atomic E-state index is 0. The van der Waals surface area contributed by atoms with Gasteiger partial charge in [-0.3, -0.25) is 11.1 Å². The van der Waals surface area contributed by atoms with Crippen molar-refractivity contribution in [2.45, 2.75) is 26.1 Å². The molecule has 8 heteroatoms. The first-order chi connectivity index (χ1) is 6.37. The summed E-state index contributed by atoms with van der Waals surface area (Å²) in [6, 6.07) is 0. The summed E-state index contributed by atoms with van der Waals surface area (Å²) in [5, 5.41) is 8.12. The average Bonchev–Trinajstić information content (AvgIpc) is 1.99. The predicted octanol–water partition coefficient (Wildman–Crippen LogP) is 0.938. The van der Waals surface area contributed by atoms with Crippen molar-refractivity contribution in [3.05, 3.63) is 0 Å². The van der Waals surface area contributed by atoms with E-state index in [0.29, 0.717) is 0 Å². The molecule has 0 spiro atoms. The van der Waals surface area contributed by atoms with Crippen LogP contribution in [0.5, 0.6) is 0 Å². The third-order valence-corrected chi connectivity index (χ3v) is 0.769. The molecule has 0 saturated heterocycles. The minimum atomic E-state index is -4.91. The second-order valence-corrected chi connectivity index (χ2v) is 1.95. The maximum atomic E-state index is 11.2. The number of hydrogen-bond acceptors (Lipinski definition) is 4. The topological polar surface area (TPSA) is 63.6 Å². The Labute approximate surface area is 78.7 Å². The summed E-state index contributed by atoms with van der Waals surface area (Å²) in [5.41, 5.74) is 0. The van der Waals surface area contributed by atoms with Gasteiger partial charge in [0, 0.05) is 13.0 Å². The Morgan fingerprint density at radius 2 is 1.87 bits per heavy atom. The van der Waals surface area contributed by atoms with Gasteiger partial charge in [0.15, 0.2) is 0 Å². The van der Waals surface area contributed by atoms with Gasteiger partial charge in [0.25, 0.3) is 0 Å². The fourth-order valence-corrected chi connectivity index (χ4v) is 0.404. The number of carbonyl (C=O) groups is 1. The molecule has 0 aliphatic rings. The monoisotopic (exact) mass is 482 g/mol. The maximum Gasteiger partial charge on any atom is 0.575 e. The fraction of sp³-hybridized carbons (Fsp3) is 0.714. The maximum absolute atomic E-state index is 11.2. The van der Waals surface area contributed by atoms with Gasteiger partial charge in [-0.15, -0.1) is 13.2 Å². The van der Waals surface area contributed by atoms with Crippen LogP contribution in [0.1, 0.15) is 19.8 Å². The van der Waals surface area contributed by atoms with Crippen molar-refractivity contribution >= 4 is 12.3 Å². The van der Waals surface area contributed by atoms with Crippen molar-refractivity contribution in [3.8, 4) is 0 Å². The summed E-state index contributed by atoms with van der Waals surface area (Å²) in [6.45, 7) is 0.993. The molecular formula is C7H10F3O4Rf-. The molecule has 0 aromatic heterocycles. The van der Waals surface area contributed by atoms with Crippen LogP contribution >= 0.6 is 0 Å². The number of esters is 1. The van der Waals surface area contributed by atoms with Crippen LogP contribution in [-0.4, -0.2) is 30.3 Å². The van der Waals surface area contributed by atoms with Crippen molar-refractivity contribution in [2.75, 3.05) is 6.61 Å². The molecule has 0 rings (SSSR count). The molecule has 0 heterocycles. The molecule has 0 bridgehead atoms. The van der Waals surface area contributed by atoms with E-state index in [9.17, 15) is 18.0 Å². The van der Waals surface area contributed by atoms with Crippen molar-refractivity contribution in [1.29, 1.82) is 0 Å². The Kier molecular flexibility index (Phi) is 12.4. The second-order valence-electron chi connectivity index (χ2n) is 1.95. The number of aliphatic hydroxyl groups is 1. The predicted molar refractivity (Wildman–Crippen MR) is 39.8 cm³/mol. The molecule has 1 N–H and O–H groups in total. The fourth-order valence-electron chi connectivity index (χ4n) is 0.404. The molecule has 4 nitrogen and oxygen atoms in total. The van der Waals surface area contributed by atoms with Gasteiger partial charge < -0.3 is 14.6 Å². The van der Waals surface area contributed by atoms with Crippen LogP contribution in [0.2, 0.25) is 0 Å². The van der Waals surface area contributed by atoms with Gasteiger partial charge in [0.1, 0.15) is 0 Å². The zero-order valence-electron chi connectivity index (χ0n) is 8.13. The van der Waals surface area contributed by atoms with E-state index >= 15 is 0 Å². The van der Waals surface area contributed by atoms with Crippen molar-refractivity contribution in [1.82, 2.24) is 0 Å². The van der Waals surface area contributed by atoms with E-state index in [2.05, 4.69) is 4.74 Å². The van der Waals surface area contributed by atoms with Crippen LogP contribution < -0.4 is 0 Å². The summed E-state index contributed by atoms with van der Waals surface area (Å²) < 4.78 is 36.7. The van der Waals surface area contributed by atoms with Gasteiger partial charge in [-0.1, -0.05) is 0 Å². The van der Waals surface area contributed by atoms with Gasteiger partial charge in [0.2, 0.25) is 0 Å². The molecule has 0 aliphatic carbocycles. The first kappa shape index (κ1) is 18.6. The first-order valence-electron chi connectivity index (χ1n) is 3.55. The van der Waals surface area contributed by atoms with Gasteiger partial charge in [-0.25, -0.2) is 0 Å². The Balaban J connectivity index is -0.000000320. The molecule has 0 radical (unpaired) electrons. The standard InChI is InChI=1S/C5H7F3O3.C2H3O.Rf/c6-5(7,8)11-4(10)2-1-3-9;1-2-3;/h9H,1-3H2;1H3;/q;-1;. The van der Waals surface area contributed by atoms with Gasteiger partial charge >= 0.3 is 12.3 Å². The summed E-state index contributed by atoms with van der Waals surface area (Å²) in [7, 11) is 0. The number of hydrogen-bond donors (Lipinski definition) is 1. The van der Waals surface area contributed by atoms with Crippen molar-refractivity contribution in [3.63, 3.8) is 0 Å². The van der Waals surface area contributed by atoms with Crippen molar-refractivity contribution < 1.29 is 32.6 Å². The van der Waals surface area contributed by atoms with Crippen LogP contribution in [0.3, 0.4) is 0 Å². The summed E-state index contributed by atoms with van der Waals surface area (Å²) >= 11 is 0. The molecule has 0 unspecified atom stereocenters. The van der Waals surface area contributed by atoms with Gasteiger partial charge in [-0.2, -0.15) is 6.92 Å². The van der Waals surface area contributed by atoms with Gasteiger partial charge in [-0.05, 0) is 6.42 Å². The van der Waals surface area contributed by atoms with Crippen LogP contribution in [0.25, 0.3) is 0 Å². The van der Waals surface area contributed by atoms with E-state index in [-0.39, 0.29) is 13.0 Å². The molecule has 15 heavy (non-hydrogen) atoms. The van der Waals surface area contributed by atoms with E-state index in [1.807, 2.05) is 0 Å². The largest absolute Gasteiger partial charge is 0.575 e. The van der Waals surface area contributed by atoms with E-state index in [4.69, 9.17) is 9.90 Å². The third kappa shape index (κ3) is 24.5. The van der Waals surface area contributed by atoms with Gasteiger partial charge in [0.05, 0.1) is 0 Å². The molecular weight excluding hydrogens is 472 g/mol. The Hall–Kier alpha value is -2.11. The van der Waals surface area contributed by atoms with Crippen molar-refractivity contribution in [2.24, 2.45) is 0 Å². The molecule has 86 valence electrons. The SMILES string of the molecule is C[C-]=O.O=C(CCCO)OC(F)(F)F.[Rf]. The van der Waals surface area contributed by atoms with Crippen LogP contribution in [0.15, 0.2) is 0 Å². The normalized spacial score (nSPS) is 9.13. The number of aliphatic hydroxyl groups excluding tert-OH is 1. The third-order valence-electron chi connectivity index (χ3n) is 0.769. The molecule has 0 aromatic rings. The Bertz CT molecular complexity index is 172. The summed E-state index contributed by atoms with van der Waals surface area (Å²) in [4.78, 5) is 18.8. The smallest absolute Gasteiger partial charge is 0.542 e. The molecule has 0 fully saturated rings. The van der Waals surface area contributed by atoms with Crippen LogP contribution in [-0.2, 0) is 14.3 Å². The zero-order chi connectivity index (χ0) is 11.6. The Morgan fingerprint density at radius 1 is 1.47 bits per heavy atom. The molecule has 0 aliphatic heterocycles. The Morgan fingerprint density at radius 3 is 2.13 bits per heavy atom. The summed E-state index contributed by atoms with van der Waals surface area (Å²) in [5.74, 6) is -1.37. The van der Waals surface area contributed by atoms with E-state index < -0.39 is 18.8 Å². The number of alkyl halides is 3. The van der Waals surface area contributed by atoms with Crippen LogP contribution in [0.4, 0.5) is 13.2 Å². The van der Waals surface area contributed by atoms with Crippen LogP contribution in [0, 0.1) is 0 Å². The molecule has 0 aromatic carbocycles. The summed E-state index contributed by atoms with van der Waals surface area (Å²) in [6.07, 6.45) is -3.85.